The van der Waals surface area contributed by atoms with Crippen molar-refractivity contribution in [1.29, 1.82) is 0 Å². The fourth-order valence-corrected chi connectivity index (χ4v) is 3.56. The van der Waals surface area contributed by atoms with E-state index in [9.17, 15) is 16.8 Å². The van der Waals surface area contributed by atoms with Gasteiger partial charge in [-0.05, 0) is 59.4 Å². The van der Waals surface area contributed by atoms with E-state index in [1.165, 1.54) is 24.3 Å². The van der Waals surface area contributed by atoms with Gasteiger partial charge in [0.25, 0.3) is 0 Å². The molecule has 0 bridgehead atoms. The Morgan fingerprint density at radius 3 is 1.18 bits per heavy atom. The molecule has 152 valence electrons. The van der Waals surface area contributed by atoms with Crippen molar-refractivity contribution < 1.29 is 34.3 Å². The highest BCUT2D eigenvalue weighted by molar-refractivity contribution is 7.81. The summed E-state index contributed by atoms with van der Waals surface area (Å²) < 4.78 is 69.5. The van der Waals surface area contributed by atoms with Gasteiger partial charge in [0.15, 0.2) is 0 Å². The summed E-state index contributed by atoms with van der Waals surface area (Å²) in [5.41, 5.74) is 3.70. The Balaban J connectivity index is 2.39. The maximum absolute atomic E-state index is 10.8. The second kappa shape index (κ2) is 8.74. The van der Waals surface area contributed by atoms with Crippen LogP contribution in [0, 0.1) is 0 Å². The van der Waals surface area contributed by atoms with Crippen molar-refractivity contribution in [1.82, 2.24) is 0 Å². The van der Waals surface area contributed by atoms with E-state index in [0.29, 0.717) is 12.8 Å². The molecule has 28 heavy (non-hydrogen) atoms. The average Bonchev–Trinajstić information content (AvgIpc) is 2.59. The summed E-state index contributed by atoms with van der Waals surface area (Å²) in [5.74, 6) is -0.0158. The van der Waals surface area contributed by atoms with Gasteiger partial charge in [0.1, 0.15) is 11.5 Å². The molecular weight excluding hydrogens is 408 g/mol. The van der Waals surface area contributed by atoms with E-state index < -0.39 is 20.8 Å². The molecule has 10 heteroatoms. The van der Waals surface area contributed by atoms with Gasteiger partial charge in [-0.25, -0.2) is 0 Å². The summed E-state index contributed by atoms with van der Waals surface area (Å²) >= 11 is 0. The van der Waals surface area contributed by atoms with Crippen molar-refractivity contribution in [2.45, 2.75) is 26.7 Å². The molecule has 0 aliphatic carbocycles. The first-order chi connectivity index (χ1) is 13.0. The van der Waals surface area contributed by atoms with E-state index in [4.69, 9.17) is 9.11 Å². The van der Waals surface area contributed by atoms with Gasteiger partial charge in [0, 0.05) is 0 Å². The molecule has 0 spiro atoms. The van der Waals surface area contributed by atoms with Gasteiger partial charge < -0.3 is 8.37 Å². The third kappa shape index (κ3) is 6.34. The van der Waals surface area contributed by atoms with Crippen molar-refractivity contribution in [2.24, 2.45) is 0 Å². The summed E-state index contributed by atoms with van der Waals surface area (Å²) in [6.45, 7) is 3.95. The predicted molar refractivity (Wildman–Crippen MR) is 105 cm³/mol. The lowest BCUT2D eigenvalue weighted by Crippen LogP contribution is -2.06. The highest BCUT2D eigenvalue weighted by Gasteiger charge is 2.12. The second-order valence-electron chi connectivity index (χ2n) is 5.74. The molecule has 2 aromatic carbocycles. The maximum Gasteiger partial charge on any atom is 0.446 e. The quantitative estimate of drug-likeness (QED) is 0.480. The van der Waals surface area contributed by atoms with Crippen LogP contribution in [0.1, 0.15) is 37.8 Å². The molecule has 0 aliphatic rings. The smallest absolute Gasteiger partial charge is 0.362 e. The van der Waals surface area contributed by atoms with Crippen LogP contribution in [0.25, 0.3) is 11.1 Å². The molecule has 8 nitrogen and oxygen atoms in total. The van der Waals surface area contributed by atoms with Crippen LogP contribution in [0.5, 0.6) is 11.5 Å². The first-order valence-electron chi connectivity index (χ1n) is 8.29. The van der Waals surface area contributed by atoms with Crippen LogP contribution in [0.2, 0.25) is 0 Å². The summed E-state index contributed by atoms with van der Waals surface area (Å²) in [5, 5.41) is 0. The van der Waals surface area contributed by atoms with Crippen molar-refractivity contribution in [3.8, 4) is 11.5 Å². The van der Waals surface area contributed by atoms with Crippen LogP contribution < -0.4 is 8.37 Å². The molecule has 2 aromatic rings. The second-order valence-corrected chi connectivity index (χ2v) is 7.78. The first-order valence-corrected chi connectivity index (χ1v) is 11.0. The number of rotatable bonds is 8. The lowest BCUT2D eigenvalue weighted by molar-refractivity contribution is 0.384. The fourth-order valence-electron chi connectivity index (χ4n) is 2.85. The molecule has 0 radical (unpaired) electrons. The lowest BCUT2D eigenvalue weighted by Gasteiger charge is -2.15. The summed E-state index contributed by atoms with van der Waals surface area (Å²) in [4.78, 5) is 0. The normalized spacial score (nSPS) is 13.0. The van der Waals surface area contributed by atoms with Gasteiger partial charge in [0.05, 0.1) is 0 Å². The Hall–Kier alpha value is -2.40. The van der Waals surface area contributed by atoms with Gasteiger partial charge >= 0.3 is 20.8 Å². The van der Waals surface area contributed by atoms with Crippen LogP contribution in [0.3, 0.4) is 0 Å². The highest BCUT2D eigenvalue weighted by atomic mass is 32.3. The van der Waals surface area contributed by atoms with Gasteiger partial charge in [-0.2, -0.15) is 16.8 Å². The van der Waals surface area contributed by atoms with E-state index in [0.717, 1.165) is 22.3 Å². The SMILES string of the molecule is CC/C(=C(/CC)c1ccc(OS(=O)(=O)O)cc1)c1ccc(OS(=O)(=O)O)cc1. The van der Waals surface area contributed by atoms with Crippen LogP contribution >= 0.6 is 0 Å². The monoisotopic (exact) mass is 428 g/mol. The van der Waals surface area contributed by atoms with Crippen molar-refractivity contribution in [2.75, 3.05) is 0 Å². The van der Waals surface area contributed by atoms with E-state index in [2.05, 4.69) is 8.37 Å². The van der Waals surface area contributed by atoms with Crippen molar-refractivity contribution in [3.63, 3.8) is 0 Å². The van der Waals surface area contributed by atoms with Crippen molar-refractivity contribution >= 4 is 31.9 Å². The summed E-state index contributed by atoms with van der Waals surface area (Å²) in [7, 11) is -9.16. The average molecular weight is 428 g/mol. The Morgan fingerprint density at radius 2 is 0.964 bits per heavy atom. The van der Waals surface area contributed by atoms with Gasteiger partial charge in [-0.3, -0.25) is 9.11 Å². The molecule has 0 amide bonds. The van der Waals surface area contributed by atoms with E-state index in [1.807, 2.05) is 13.8 Å². The largest absolute Gasteiger partial charge is 0.446 e. The van der Waals surface area contributed by atoms with Gasteiger partial charge in [-0.1, -0.05) is 38.1 Å². The zero-order valence-corrected chi connectivity index (χ0v) is 16.8. The molecule has 0 aliphatic heterocycles. The molecule has 2 rings (SSSR count). The molecule has 0 atom stereocenters. The van der Waals surface area contributed by atoms with E-state index in [-0.39, 0.29) is 11.5 Å². The Morgan fingerprint density at radius 1 is 0.679 bits per heavy atom. The molecule has 0 aromatic heterocycles. The van der Waals surface area contributed by atoms with Crippen molar-refractivity contribution in [3.05, 3.63) is 59.7 Å². The molecule has 0 saturated carbocycles. The number of hydrogen-bond acceptors (Lipinski definition) is 6. The van der Waals surface area contributed by atoms with E-state index >= 15 is 0 Å². The van der Waals surface area contributed by atoms with E-state index in [1.54, 1.807) is 24.3 Å². The molecule has 2 N–H and O–H groups in total. The third-order valence-corrected chi connectivity index (χ3v) is 4.69. The minimum atomic E-state index is -4.58. The predicted octanol–water partition coefficient (Wildman–Crippen LogP) is 3.78. The molecule has 0 unspecified atom stereocenters. The topological polar surface area (TPSA) is 127 Å². The Kier molecular flexibility index (Phi) is 6.83. The van der Waals surface area contributed by atoms with Crippen LogP contribution in [0.4, 0.5) is 0 Å². The number of benzene rings is 2. The molecular formula is C18H20O8S2. The zero-order valence-electron chi connectivity index (χ0n) is 15.2. The Bertz CT molecular complexity index is 964. The lowest BCUT2D eigenvalue weighted by atomic mass is 9.91. The minimum absolute atomic E-state index is 0.00790. The minimum Gasteiger partial charge on any atom is -0.362 e. The van der Waals surface area contributed by atoms with Crippen LogP contribution in [-0.2, 0) is 20.8 Å². The number of allylic oxidation sites excluding steroid dienone is 2. The summed E-state index contributed by atoms with van der Waals surface area (Å²) in [6, 6.07) is 12.5. The fraction of sp³-hybridized carbons (Fsp3) is 0.222. The molecule has 0 saturated heterocycles. The Labute approximate surface area is 164 Å². The van der Waals surface area contributed by atoms with Gasteiger partial charge in [0.2, 0.25) is 0 Å². The highest BCUT2D eigenvalue weighted by Crippen LogP contribution is 2.33. The standard InChI is InChI=1S/C18H20O8S2/c1-3-17(13-5-9-15(10-6-13)25-27(19,20)21)18(4-2)14-7-11-16(12-8-14)26-28(22,23)24/h5-12H,3-4H2,1-2H3,(H,19,20,21)(H,22,23,24)/b18-17+. The van der Waals surface area contributed by atoms with Gasteiger partial charge in [-0.15, -0.1) is 0 Å². The molecule has 0 heterocycles. The summed E-state index contributed by atoms with van der Waals surface area (Å²) in [6.07, 6.45) is 1.37. The zero-order chi connectivity index (χ0) is 20.9. The van der Waals surface area contributed by atoms with Crippen LogP contribution in [0.15, 0.2) is 48.5 Å². The maximum atomic E-state index is 10.8. The first kappa shape index (κ1) is 21.9. The molecule has 0 fully saturated rings. The number of hydrogen-bond donors (Lipinski definition) is 2. The third-order valence-electron chi connectivity index (χ3n) is 3.88. The van der Waals surface area contributed by atoms with Crippen LogP contribution in [-0.4, -0.2) is 25.9 Å².